The average Bonchev–Trinajstić information content (AvgIpc) is 2.37. The molecule has 8 heteroatoms. The van der Waals surface area contributed by atoms with Crippen LogP contribution in [0.2, 0.25) is 0 Å². The van der Waals surface area contributed by atoms with Gasteiger partial charge in [0, 0.05) is 6.04 Å². The number of carboxylic acid groups (broad SMARTS) is 1. The van der Waals surface area contributed by atoms with Crippen LogP contribution in [0.1, 0.15) is 13.3 Å². The lowest BCUT2D eigenvalue weighted by Crippen LogP contribution is -2.59. The third kappa shape index (κ3) is 4.37. The van der Waals surface area contributed by atoms with E-state index in [0.717, 1.165) is 0 Å². The summed E-state index contributed by atoms with van der Waals surface area (Å²) in [4.78, 5) is 10.4. The number of rotatable bonds is 6. The van der Waals surface area contributed by atoms with Crippen molar-refractivity contribution in [3.63, 3.8) is 0 Å². The lowest BCUT2D eigenvalue weighted by atomic mass is 9.92. The number of aliphatic hydroxyl groups is 4. The van der Waals surface area contributed by atoms with Crippen molar-refractivity contribution < 1.29 is 35.1 Å². The van der Waals surface area contributed by atoms with Gasteiger partial charge in [-0.15, -0.1) is 0 Å². The van der Waals surface area contributed by atoms with Crippen LogP contribution in [0, 0.1) is 0 Å². The molecule has 0 aliphatic carbocycles. The number of carboxylic acids is 1. The third-order valence-corrected chi connectivity index (χ3v) is 3.18. The van der Waals surface area contributed by atoms with Crippen molar-refractivity contribution in [1.82, 2.24) is 5.32 Å². The maximum Gasteiger partial charge on any atom is 0.317 e. The lowest BCUT2D eigenvalue weighted by molar-refractivity contribution is -0.231. The molecule has 0 aromatic rings. The van der Waals surface area contributed by atoms with Crippen LogP contribution in [0.5, 0.6) is 0 Å². The van der Waals surface area contributed by atoms with Gasteiger partial charge in [-0.05, 0) is 13.3 Å². The van der Waals surface area contributed by atoms with Crippen LogP contribution >= 0.6 is 0 Å². The molecule has 112 valence electrons. The van der Waals surface area contributed by atoms with E-state index >= 15 is 0 Å². The average molecular weight is 279 g/mol. The minimum absolute atomic E-state index is 0.224. The lowest BCUT2D eigenvalue weighted by Gasteiger charge is -2.40. The molecule has 0 bridgehead atoms. The molecule has 1 fully saturated rings. The van der Waals surface area contributed by atoms with E-state index in [-0.39, 0.29) is 19.0 Å². The Hall–Kier alpha value is -0.770. The van der Waals surface area contributed by atoms with E-state index < -0.39 is 43.1 Å². The highest BCUT2D eigenvalue weighted by Crippen LogP contribution is 2.23. The first-order chi connectivity index (χ1) is 8.86. The summed E-state index contributed by atoms with van der Waals surface area (Å²) in [6.07, 6.45) is -5.54. The van der Waals surface area contributed by atoms with Crippen molar-refractivity contribution in [3.05, 3.63) is 0 Å². The van der Waals surface area contributed by atoms with Crippen molar-refractivity contribution in [3.8, 4) is 0 Å². The monoisotopic (exact) mass is 279 g/mol. The van der Waals surface area contributed by atoms with Crippen LogP contribution in [-0.2, 0) is 9.53 Å². The Morgan fingerprint density at radius 2 is 1.79 bits per heavy atom. The van der Waals surface area contributed by atoms with Crippen molar-refractivity contribution in [2.75, 3.05) is 13.2 Å². The molecule has 6 N–H and O–H groups in total. The zero-order valence-electron chi connectivity index (χ0n) is 10.6. The SMILES string of the molecule is CC(CC1OC(CO)[C@@H](O)C(O)[C@H]1O)NCC(=O)O. The topological polar surface area (TPSA) is 139 Å². The molecule has 0 spiro atoms. The van der Waals surface area contributed by atoms with Crippen LogP contribution in [0.4, 0.5) is 0 Å². The van der Waals surface area contributed by atoms with E-state index in [9.17, 15) is 20.1 Å². The summed E-state index contributed by atoms with van der Waals surface area (Å²) < 4.78 is 5.31. The summed E-state index contributed by atoms with van der Waals surface area (Å²) in [5.74, 6) is -0.999. The second-order valence-electron chi connectivity index (χ2n) is 4.78. The molecule has 0 radical (unpaired) electrons. The molecular weight excluding hydrogens is 258 g/mol. The molecule has 8 nitrogen and oxygen atoms in total. The second-order valence-corrected chi connectivity index (χ2v) is 4.78. The first kappa shape index (κ1) is 16.3. The van der Waals surface area contributed by atoms with E-state index in [2.05, 4.69) is 5.32 Å². The van der Waals surface area contributed by atoms with Gasteiger partial charge in [0.1, 0.15) is 24.4 Å². The van der Waals surface area contributed by atoms with Crippen LogP contribution in [0.3, 0.4) is 0 Å². The van der Waals surface area contributed by atoms with Gasteiger partial charge in [0.2, 0.25) is 0 Å². The zero-order valence-corrected chi connectivity index (χ0v) is 10.6. The van der Waals surface area contributed by atoms with Gasteiger partial charge in [-0.1, -0.05) is 0 Å². The third-order valence-electron chi connectivity index (χ3n) is 3.18. The van der Waals surface area contributed by atoms with E-state index in [4.69, 9.17) is 14.9 Å². The number of aliphatic carboxylic acids is 1. The van der Waals surface area contributed by atoms with E-state index in [1.54, 1.807) is 6.92 Å². The number of hydrogen-bond donors (Lipinski definition) is 6. The van der Waals surface area contributed by atoms with Crippen molar-refractivity contribution >= 4 is 5.97 Å². The Bertz CT molecular complexity index is 299. The molecule has 0 amide bonds. The van der Waals surface area contributed by atoms with Crippen LogP contribution in [-0.4, -0.2) is 81.2 Å². The summed E-state index contributed by atoms with van der Waals surface area (Å²) in [5, 5.41) is 49.2. The molecule has 0 aromatic carbocycles. The summed E-state index contributed by atoms with van der Waals surface area (Å²) >= 11 is 0. The Labute approximate surface area is 110 Å². The highest BCUT2D eigenvalue weighted by Gasteiger charge is 2.43. The maximum atomic E-state index is 10.4. The van der Waals surface area contributed by atoms with Gasteiger partial charge in [0.25, 0.3) is 0 Å². The van der Waals surface area contributed by atoms with Gasteiger partial charge in [0.05, 0.1) is 19.3 Å². The minimum atomic E-state index is -1.40. The molecule has 1 aliphatic rings. The summed E-state index contributed by atoms with van der Waals surface area (Å²) in [5.41, 5.74) is 0. The van der Waals surface area contributed by atoms with Crippen LogP contribution in [0.25, 0.3) is 0 Å². The predicted octanol–water partition coefficient (Wildman–Crippen LogP) is -2.72. The first-order valence-corrected chi connectivity index (χ1v) is 6.12. The molecule has 1 rings (SSSR count). The molecule has 6 atom stereocenters. The Kier molecular flexibility index (Phi) is 6.11. The molecule has 0 saturated carbocycles. The highest BCUT2D eigenvalue weighted by molar-refractivity contribution is 5.69. The van der Waals surface area contributed by atoms with Gasteiger partial charge < -0.3 is 35.6 Å². The molecule has 1 aliphatic heterocycles. The van der Waals surface area contributed by atoms with Gasteiger partial charge >= 0.3 is 5.97 Å². The number of ether oxygens (including phenoxy) is 1. The van der Waals surface area contributed by atoms with E-state index in [0.29, 0.717) is 0 Å². The highest BCUT2D eigenvalue weighted by atomic mass is 16.5. The first-order valence-electron chi connectivity index (χ1n) is 6.12. The van der Waals surface area contributed by atoms with Gasteiger partial charge in [-0.3, -0.25) is 4.79 Å². The fourth-order valence-corrected chi connectivity index (χ4v) is 2.07. The van der Waals surface area contributed by atoms with Crippen molar-refractivity contribution in [2.45, 2.75) is 49.9 Å². The normalized spacial score (nSPS) is 37.0. The number of nitrogens with one attached hydrogen (secondary N) is 1. The van der Waals surface area contributed by atoms with Gasteiger partial charge in [-0.25, -0.2) is 0 Å². The fraction of sp³-hybridized carbons (Fsp3) is 0.909. The van der Waals surface area contributed by atoms with Crippen molar-refractivity contribution in [1.29, 1.82) is 0 Å². The Balaban J connectivity index is 2.54. The van der Waals surface area contributed by atoms with Gasteiger partial charge in [0.15, 0.2) is 0 Å². The van der Waals surface area contributed by atoms with Crippen LogP contribution < -0.4 is 5.32 Å². The summed E-state index contributed by atoms with van der Waals surface area (Å²) in [7, 11) is 0. The molecule has 19 heavy (non-hydrogen) atoms. The van der Waals surface area contributed by atoms with E-state index in [1.807, 2.05) is 0 Å². The Morgan fingerprint density at radius 1 is 1.21 bits per heavy atom. The largest absolute Gasteiger partial charge is 0.480 e. The van der Waals surface area contributed by atoms with E-state index in [1.165, 1.54) is 0 Å². The Morgan fingerprint density at radius 3 is 2.32 bits per heavy atom. The maximum absolute atomic E-state index is 10.4. The predicted molar refractivity (Wildman–Crippen MR) is 63.5 cm³/mol. The summed E-state index contributed by atoms with van der Waals surface area (Å²) in [6.45, 7) is 1.02. The standard InChI is InChI=1S/C11H21NO7/c1-5(12-3-8(14)15)2-6-9(16)11(18)10(17)7(4-13)19-6/h5-7,9-13,16-18H,2-4H2,1H3,(H,14,15)/t5?,6?,7?,9-,10+,11?/m0/s1. The quantitative estimate of drug-likeness (QED) is 0.308. The molecule has 4 unspecified atom stereocenters. The van der Waals surface area contributed by atoms with Crippen molar-refractivity contribution in [2.24, 2.45) is 0 Å². The number of aliphatic hydroxyl groups excluding tert-OH is 4. The molecule has 0 aromatic heterocycles. The molecule has 1 saturated heterocycles. The minimum Gasteiger partial charge on any atom is -0.480 e. The van der Waals surface area contributed by atoms with Crippen LogP contribution in [0.15, 0.2) is 0 Å². The van der Waals surface area contributed by atoms with Gasteiger partial charge in [-0.2, -0.15) is 0 Å². The smallest absolute Gasteiger partial charge is 0.317 e. The number of hydrogen-bond acceptors (Lipinski definition) is 7. The second kappa shape index (κ2) is 7.13. The molecule has 1 heterocycles. The molecular formula is C11H21NO7. The number of carbonyl (C=O) groups is 1. The zero-order chi connectivity index (χ0) is 14.6. The fourth-order valence-electron chi connectivity index (χ4n) is 2.07. The summed E-state index contributed by atoms with van der Waals surface area (Å²) in [6, 6.07) is -0.266.